The Morgan fingerprint density at radius 2 is 1.95 bits per heavy atom. The minimum Gasteiger partial charge on any atom is -0.367 e. The number of nitrogens with one attached hydrogen (secondary N) is 1. The van der Waals surface area contributed by atoms with E-state index in [1.54, 1.807) is 14.1 Å². The normalized spacial score (nSPS) is 33.8. The molecule has 1 aliphatic carbocycles. The molecule has 0 aromatic rings. The second-order valence-corrected chi connectivity index (χ2v) is 5.84. The lowest BCUT2D eigenvalue weighted by atomic mass is 9.90. The number of aliphatic hydroxyl groups excluding tert-OH is 1. The summed E-state index contributed by atoms with van der Waals surface area (Å²) in [5.74, 6) is 0.452. The number of amidine groups is 1. The molecule has 1 saturated heterocycles. The maximum Gasteiger partial charge on any atom is 0.340 e. The highest BCUT2D eigenvalue weighted by Gasteiger charge is 2.34. The van der Waals surface area contributed by atoms with E-state index in [4.69, 9.17) is 4.99 Å². The van der Waals surface area contributed by atoms with E-state index in [1.165, 1.54) is 16.3 Å². The smallest absolute Gasteiger partial charge is 0.340 e. The van der Waals surface area contributed by atoms with Crippen LogP contribution in [0, 0.1) is 0 Å². The van der Waals surface area contributed by atoms with Crippen LogP contribution in [0.4, 0.5) is 4.79 Å². The van der Waals surface area contributed by atoms with Gasteiger partial charge in [0.05, 0.1) is 6.04 Å². The highest BCUT2D eigenvalue weighted by Crippen LogP contribution is 2.25. The van der Waals surface area contributed by atoms with Gasteiger partial charge in [-0.15, -0.1) is 0 Å². The van der Waals surface area contributed by atoms with Crippen molar-refractivity contribution in [2.75, 3.05) is 28.2 Å². The summed E-state index contributed by atoms with van der Waals surface area (Å²) in [6, 6.07) is 0.272. The van der Waals surface area contributed by atoms with Gasteiger partial charge < -0.3 is 10.0 Å². The maximum absolute atomic E-state index is 11.7. The van der Waals surface area contributed by atoms with Crippen molar-refractivity contribution in [3.05, 3.63) is 0 Å². The third-order valence-corrected chi connectivity index (χ3v) is 4.14. The molecule has 3 atom stereocenters. The van der Waals surface area contributed by atoms with Crippen LogP contribution < -0.4 is 5.43 Å². The molecule has 2 N–H and O–H groups in total. The third kappa shape index (κ3) is 2.88. The number of urea groups is 1. The Bertz CT molecular complexity index is 398. The molecular weight excluding hydrogens is 258 g/mol. The van der Waals surface area contributed by atoms with Gasteiger partial charge in [-0.3, -0.25) is 15.3 Å². The zero-order valence-corrected chi connectivity index (χ0v) is 12.7. The number of nitrogens with zero attached hydrogens (tertiary/aromatic N) is 4. The molecule has 0 bridgehead atoms. The van der Waals surface area contributed by atoms with Crippen LogP contribution in [0.25, 0.3) is 0 Å². The molecule has 20 heavy (non-hydrogen) atoms. The summed E-state index contributed by atoms with van der Waals surface area (Å²) in [7, 11) is 7.33. The van der Waals surface area contributed by atoms with Crippen LogP contribution in [0.5, 0.6) is 0 Å². The standard InChI is InChI=1S/C13H25N5O2/c1-16(2)10-8-6-5-7-9(10)14-11-12(19)17(3)13(20)18(4)15-11/h9-10,12,19H,5-8H2,1-4H3,(H,14,15)/t9-,10+,12?/m1/s1. The molecule has 2 fully saturated rings. The first-order valence-electron chi connectivity index (χ1n) is 7.11. The number of amides is 2. The van der Waals surface area contributed by atoms with Crippen LogP contribution in [0.3, 0.4) is 0 Å². The van der Waals surface area contributed by atoms with Gasteiger partial charge in [-0.25, -0.2) is 9.80 Å². The minimum atomic E-state index is -0.997. The topological polar surface area (TPSA) is 71.4 Å². The number of hydrogen-bond acceptors (Lipinski definition) is 4. The lowest BCUT2D eigenvalue weighted by Crippen LogP contribution is -2.63. The monoisotopic (exact) mass is 283 g/mol. The van der Waals surface area contributed by atoms with Gasteiger partial charge in [-0.1, -0.05) is 12.8 Å². The minimum absolute atomic E-state index is 0.158. The summed E-state index contributed by atoms with van der Waals surface area (Å²) in [6.45, 7) is 0. The zero-order valence-electron chi connectivity index (χ0n) is 12.7. The zero-order chi connectivity index (χ0) is 14.9. The molecule has 7 nitrogen and oxygen atoms in total. The van der Waals surface area contributed by atoms with Crippen LogP contribution in [0.15, 0.2) is 4.99 Å². The van der Waals surface area contributed by atoms with Gasteiger partial charge >= 0.3 is 6.03 Å². The molecule has 0 radical (unpaired) electrons. The van der Waals surface area contributed by atoms with Crippen LogP contribution in [-0.4, -0.2) is 78.3 Å². The van der Waals surface area contributed by atoms with Crippen molar-refractivity contribution in [3.8, 4) is 0 Å². The first-order chi connectivity index (χ1) is 9.41. The number of likely N-dealkylation sites (N-methyl/N-ethyl adjacent to an activating group) is 2. The molecular formula is C13H25N5O2. The van der Waals surface area contributed by atoms with E-state index in [-0.39, 0.29) is 12.1 Å². The van der Waals surface area contributed by atoms with Gasteiger partial charge in [0.1, 0.15) is 0 Å². The first kappa shape index (κ1) is 15.1. The molecule has 2 rings (SSSR count). The van der Waals surface area contributed by atoms with Gasteiger partial charge in [0, 0.05) is 20.1 Å². The van der Waals surface area contributed by atoms with Gasteiger partial charge in [-0.2, -0.15) is 0 Å². The van der Waals surface area contributed by atoms with Crippen molar-refractivity contribution in [2.45, 2.75) is 44.0 Å². The Balaban J connectivity index is 2.17. The summed E-state index contributed by atoms with van der Waals surface area (Å²) in [5, 5.41) is 11.5. The number of aliphatic hydroxyl groups is 1. The molecule has 1 aliphatic heterocycles. The van der Waals surface area contributed by atoms with Crippen molar-refractivity contribution < 1.29 is 9.90 Å². The number of hydrogen-bond donors (Lipinski definition) is 2. The number of carbonyl (C=O) groups is 1. The third-order valence-electron chi connectivity index (χ3n) is 4.14. The van der Waals surface area contributed by atoms with E-state index >= 15 is 0 Å². The molecule has 7 heteroatoms. The Morgan fingerprint density at radius 1 is 1.30 bits per heavy atom. The molecule has 114 valence electrons. The summed E-state index contributed by atoms with van der Waals surface area (Å²) in [5.41, 5.74) is 2.88. The van der Waals surface area contributed by atoms with Crippen LogP contribution in [0.1, 0.15) is 25.7 Å². The van der Waals surface area contributed by atoms with Crippen LogP contribution >= 0.6 is 0 Å². The van der Waals surface area contributed by atoms with E-state index in [0.717, 1.165) is 19.3 Å². The molecule has 2 amide bonds. The van der Waals surface area contributed by atoms with E-state index in [9.17, 15) is 9.90 Å². The second-order valence-electron chi connectivity index (χ2n) is 5.84. The fourth-order valence-corrected chi connectivity index (χ4v) is 2.92. The summed E-state index contributed by atoms with van der Waals surface area (Å²) >= 11 is 0. The summed E-state index contributed by atoms with van der Waals surface area (Å²) in [6.07, 6.45) is 3.52. The second kappa shape index (κ2) is 5.97. The molecule has 0 spiro atoms. The van der Waals surface area contributed by atoms with Crippen molar-refractivity contribution in [2.24, 2.45) is 4.99 Å². The molecule has 1 unspecified atom stereocenters. The Morgan fingerprint density at radius 3 is 2.60 bits per heavy atom. The number of hydrazine groups is 1. The van der Waals surface area contributed by atoms with Crippen molar-refractivity contribution in [1.82, 2.24) is 20.2 Å². The fraction of sp³-hybridized carbons (Fsp3) is 0.846. The molecule has 0 aromatic heterocycles. The van der Waals surface area contributed by atoms with Crippen molar-refractivity contribution >= 4 is 11.9 Å². The van der Waals surface area contributed by atoms with E-state index < -0.39 is 6.23 Å². The molecule has 1 heterocycles. The maximum atomic E-state index is 11.7. The SMILES string of the molecule is CN1NC(=N[C@@H]2CCCC[C@@H]2N(C)C)C(O)N(C)C1=O. The van der Waals surface area contributed by atoms with Gasteiger partial charge in [0.15, 0.2) is 12.1 Å². The van der Waals surface area contributed by atoms with Crippen molar-refractivity contribution in [3.63, 3.8) is 0 Å². The van der Waals surface area contributed by atoms with Crippen LogP contribution in [-0.2, 0) is 0 Å². The van der Waals surface area contributed by atoms with Crippen LogP contribution in [0.2, 0.25) is 0 Å². The molecule has 0 aromatic carbocycles. The quantitative estimate of drug-likeness (QED) is 0.753. The van der Waals surface area contributed by atoms with Gasteiger partial charge in [0.2, 0.25) is 0 Å². The fourth-order valence-electron chi connectivity index (χ4n) is 2.92. The summed E-state index contributed by atoms with van der Waals surface area (Å²) < 4.78 is 0. The number of aliphatic imine (C=N–C) groups is 1. The number of carbonyl (C=O) groups excluding carboxylic acids is 1. The predicted octanol–water partition coefficient (Wildman–Crippen LogP) is 0.0779. The Kier molecular flexibility index (Phi) is 4.49. The van der Waals surface area contributed by atoms with Crippen molar-refractivity contribution in [1.29, 1.82) is 0 Å². The van der Waals surface area contributed by atoms with Gasteiger partial charge in [-0.05, 0) is 26.9 Å². The predicted molar refractivity (Wildman–Crippen MR) is 77.2 cm³/mol. The lowest BCUT2D eigenvalue weighted by Gasteiger charge is -2.39. The largest absolute Gasteiger partial charge is 0.367 e. The van der Waals surface area contributed by atoms with E-state index in [1.807, 2.05) is 0 Å². The molecule has 2 aliphatic rings. The molecule has 1 saturated carbocycles. The van der Waals surface area contributed by atoms with E-state index in [0.29, 0.717) is 11.9 Å². The average molecular weight is 283 g/mol. The first-order valence-corrected chi connectivity index (χ1v) is 7.11. The van der Waals surface area contributed by atoms with E-state index in [2.05, 4.69) is 24.4 Å². The summed E-state index contributed by atoms with van der Waals surface area (Å²) in [4.78, 5) is 19.9. The number of rotatable bonds is 2. The van der Waals surface area contributed by atoms with Gasteiger partial charge in [0.25, 0.3) is 0 Å². The Labute approximate surface area is 120 Å². The highest BCUT2D eigenvalue weighted by molar-refractivity contribution is 5.94. The average Bonchev–Trinajstić information content (AvgIpc) is 2.43. The highest BCUT2D eigenvalue weighted by atomic mass is 16.3. The Hall–Kier alpha value is -1.34. The lowest BCUT2D eigenvalue weighted by molar-refractivity contribution is 0.0534.